The second-order valence-electron chi connectivity index (χ2n) is 3.20. The van der Waals surface area contributed by atoms with Gasteiger partial charge in [-0.2, -0.15) is 0 Å². The maximum Gasteiger partial charge on any atom is 0.351 e. The molecule has 0 fully saturated rings. The largest absolute Gasteiger partial charge is 0.351 e. The highest BCUT2D eigenvalue weighted by atomic mass is 31.2. The van der Waals surface area contributed by atoms with Gasteiger partial charge in [-0.1, -0.05) is 0 Å². The molecular weight excluding hydrogens is 247 g/mol. The van der Waals surface area contributed by atoms with E-state index in [0.29, 0.717) is 5.56 Å². The smallest absolute Gasteiger partial charge is 0.314 e. The van der Waals surface area contributed by atoms with Crippen molar-refractivity contribution in [1.82, 2.24) is 0 Å². The Kier molecular flexibility index (Phi) is 4.36. The van der Waals surface area contributed by atoms with Gasteiger partial charge in [0.25, 0.3) is 5.69 Å². The summed E-state index contributed by atoms with van der Waals surface area (Å²) in [6.07, 6.45) is 0. The summed E-state index contributed by atoms with van der Waals surface area (Å²) in [6, 6.07) is 5.41. The standard InChI is InChI=1S/C9H13N2O5P/c1-15-17(14,16-2)9(10)7-3-5-8(6-4-7)11(12)13/h3-6,9H,10H2,1-2H3. The number of nitro benzene ring substituents is 1. The Morgan fingerprint density at radius 3 is 2.12 bits per heavy atom. The number of nitrogens with zero attached hydrogens (tertiary/aromatic N) is 1. The van der Waals surface area contributed by atoms with Crippen LogP contribution in [0.3, 0.4) is 0 Å². The molecule has 1 aromatic rings. The fourth-order valence-electron chi connectivity index (χ4n) is 1.28. The van der Waals surface area contributed by atoms with Crippen molar-refractivity contribution in [3.63, 3.8) is 0 Å². The molecule has 1 rings (SSSR count). The fraction of sp³-hybridized carbons (Fsp3) is 0.333. The summed E-state index contributed by atoms with van der Waals surface area (Å²) >= 11 is 0. The maximum absolute atomic E-state index is 12.0. The van der Waals surface area contributed by atoms with Gasteiger partial charge in [-0.15, -0.1) is 0 Å². The van der Waals surface area contributed by atoms with E-state index in [1.54, 1.807) is 0 Å². The van der Waals surface area contributed by atoms with Crippen LogP contribution in [0.15, 0.2) is 24.3 Å². The molecule has 1 aromatic carbocycles. The average Bonchev–Trinajstić information content (AvgIpc) is 2.37. The molecule has 0 aromatic heterocycles. The molecule has 1 atom stereocenters. The van der Waals surface area contributed by atoms with E-state index < -0.39 is 18.3 Å². The molecule has 0 aliphatic carbocycles. The predicted molar refractivity (Wildman–Crippen MR) is 61.6 cm³/mol. The van der Waals surface area contributed by atoms with Crippen LogP contribution in [0.1, 0.15) is 11.3 Å². The van der Waals surface area contributed by atoms with Crippen LogP contribution >= 0.6 is 7.60 Å². The average molecular weight is 260 g/mol. The van der Waals surface area contributed by atoms with Gasteiger partial charge in [-0.3, -0.25) is 14.7 Å². The first-order valence-electron chi connectivity index (χ1n) is 4.65. The Labute approximate surface area is 98.2 Å². The highest BCUT2D eigenvalue weighted by Crippen LogP contribution is 2.56. The van der Waals surface area contributed by atoms with Crippen LogP contribution in [0.5, 0.6) is 0 Å². The highest BCUT2D eigenvalue weighted by Gasteiger charge is 2.32. The lowest BCUT2D eigenvalue weighted by Gasteiger charge is -2.20. The van der Waals surface area contributed by atoms with E-state index in [2.05, 4.69) is 0 Å². The molecule has 1 unspecified atom stereocenters. The van der Waals surface area contributed by atoms with Crippen LogP contribution in [-0.2, 0) is 13.6 Å². The van der Waals surface area contributed by atoms with Crippen molar-refractivity contribution in [3.8, 4) is 0 Å². The van der Waals surface area contributed by atoms with Crippen molar-refractivity contribution < 1.29 is 18.5 Å². The summed E-state index contributed by atoms with van der Waals surface area (Å²) in [6.45, 7) is 0. The molecular formula is C9H13N2O5P. The van der Waals surface area contributed by atoms with E-state index in [9.17, 15) is 14.7 Å². The van der Waals surface area contributed by atoms with Gasteiger partial charge in [-0.05, 0) is 17.7 Å². The predicted octanol–water partition coefficient (Wildman–Crippen LogP) is 2.04. The first-order chi connectivity index (χ1) is 7.94. The number of nitrogens with two attached hydrogens (primary N) is 1. The highest BCUT2D eigenvalue weighted by molar-refractivity contribution is 7.54. The summed E-state index contributed by atoms with van der Waals surface area (Å²) in [4.78, 5) is 9.94. The number of rotatable bonds is 5. The van der Waals surface area contributed by atoms with Gasteiger partial charge < -0.3 is 14.8 Å². The van der Waals surface area contributed by atoms with Crippen LogP contribution < -0.4 is 5.73 Å². The van der Waals surface area contributed by atoms with Gasteiger partial charge in [0.1, 0.15) is 5.78 Å². The summed E-state index contributed by atoms with van der Waals surface area (Å²) in [5.41, 5.74) is 6.12. The summed E-state index contributed by atoms with van der Waals surface area (Å²) in [5.74, 6) is -0.974. The Balaban J connectivity index is 3.01. The molecule has 2 N–H and O–H groups in total. The van der Waals surface area contributed by atoms with Crippen LogP contribution in [0.2, 0.25) is 0 Å². The number of nitro groups is 1. The molecule has 0 spiro atoms. The summed E-state index contributed by atoms with van der Waals surface area (Å²) < 4.78 is 21.5. The molecule has 0 heterocycles. The van der Waals surface area contributed by atoms with E-state index >= 15 is 0 Å². The SMILES string of the molecule is COP(=O)(OC)C(N)c1ccc([N+](=O)[O-])cc1. The zero-order valence-corrected chi connectivity index (χ0v) is 10.3. The monoisotopic (exact) mass is 260 g/mol. The number of hydrogen-bond acceptors (Lipinski definition) is 6. The van der Waals surface area contributed by atoms with Gasteiger partial charge in [0.05, 0.1) is 4.92 Å². The molecule has 17 heavy (non-hydrogen) atoms. The van der Waals surface area contributed by atoms with Crippen molar-refractivity contribution in [1.29, 1.82) is 0 Å². The summed E-state index contributed by atoms with van der Waals surface area (Å²) in [5, 5.41) is 10.5. The van der Waals surface area contributed by atoms with Crippen molar-refractivity contribution >= 4 is 13.3 Å². The Bertz CT molecular complexity index is 439. The lowest BCUT2D eigenvalue weighted by Crippen LogP contribution is -2.13. The minimum Gasteiger partial charge on any atom is -0.314 e. The molecule has 0 aliphatic heterocycles. The first-order valence-corrected chi connectivity index (χ1v) is 6.27. The van der Waals surface area contributed by atoms with Crippen molar-refractivity contribution in [2.24, 2.45) is 5.73 Å². The normalized spacial score (nSPS) is 13.4. The second kappa shape index (κ2) is 5.37. The van der Waals surface area contributed by atoms with Gasteiger partial charge in [0.15, 0.2) is 0 Å². The maximum atomic E-state index is 12.0. The number of hydrogen-bond donors (Lipinski definition) is 1. The van der Waals surface area contributed by atoms with Crippen LogP contribution in [0, 0.1) is 10.1 Å². The molecule has 0 saturated carbocycles. The first kappa shape index (κ1) is 13.8. The lowest BCUT2D eigenvalue weighted by molar-refractivity contribution is -0.384. The van der Waals surface area contributed by atoms with E-state index in [4.69, 9.17) is 14.8 Å². The molecule has 94 valence electrons. The van der Waals surface area contributed by atoms with Gasteiger partial charge in [0, 0.05) is 26.4 Å². The van der Waals surface area contributed by atoms with Crippen LogP contribution in [0.4, 0.5) is 5.69 Å². The molecule has 0 amide bonds. The molecule has 8 heteroatoms. The molecule has 0 bridgehead atoms. The van der Waals surface area contributed by atoms with E-state index in [0.717, 1.165) is 0 Å². The van der Waals surface area contributed by atoms with Gasteiger partial charge >= 0.3 is 7.60 Å². The van der Waals surface area contributed by atoms with E-state index in [-0.39, 0.29) is 5.69 Å². The van der Waals surface area contributed by atoms with Crippen LogP contribution in [0.25, 0.3) is 0 Å². The quantitative estimate of drug-likeness (QED) is 0.493. The Morgan fingerprint density at radius 1 is 1.29 bits per heavy atom. The third kappa shape index (κ3) is 2.89. The molecule has 0 aliphatic rings. The molecule has 7 nitrogen and oxygen atoms in total. The zero-order valence-electron chi connectivity index (χ0n) is 9.40. The molecule has 0 radical (unpaired) electrons. The minimum atomic E-state index is -3.43. The Hall–Kier alpha value is -1.27. The van der Waals surface area contributed by atoms with E-state index in [1.165, 1.54) is 38.5 Å². The topological polar surface area (TPSA) is 105 Å². The van der Waals surface area contributed by atoms with Crippen molar-refractivity contribution in [2.75, 3.05) is 14.2 Å². The molecule has 0 saturated heterocycles. The summed E-state index contributed by atoms with van der Waals surface area (Å²) in [7, 11) is -0.962. The van der Waals surface area contributed by atoms with Crippen LogP contribution in [-0.4, -0.2) is 19.1 Å². The van der Waals surface area contributed by atoms with E-state index in [1.807, 2.05) is 0 Å². The third-order valence-electron chi connectivity index (χ3n) is 2.30. The third-order valence-corrected chi connectivity index (χ3v) is 4.29. The van der Waals surface area contributed by atoms with Crippen molar-refractivity contribution in [3.05, 3.63) is 39.9 Å². The van der Waals surface area contributed by atoms with Gasteiger partial charge in [-0.25, -0.2) is 0 Å². The minimum absolute atomic E-state index is 0.0642. The zero-order chi connectivity index (χ0) is 13.1. The fourth-order valence-corrected chi connectivity index (χ4v) is 2.42. The lowest BCUT2D eigenvalue weighted by atomic mass is 10.2. The second-order valence-corrected chi connectivity index (χ2v) is 5.56. The van der Waals surface area contributed by atoms with Gasteiger partial charge in [0.2, 0.25) is 0 Å². The number of non-ortho nitro benzene ring substituents is 1. The Morgan fingerprint density at radius 2 is 1.76 bits per heavy atom. The number of benzene rings is 1. The van der Waals surface area contributed by atoms with Crippen molar-refractivity contribution in [2.45, 2.75) is 5.78 Å².